The number of benzene rings is 3. The van der Waals surface area contributed by atoms with E-state index in [2.05, 4.69) is 4.99 Å². The third-order valence-corrected chi connectivity index (χ3v) is 9.10. The molecule has 5 rings (SSSR count). The first-order chi connectivity index (χ1) is 16.4. The Morgan fingerprint density at radius 1 is 1.06 bits per heavy atom. The monoisotopic (exact) mass is 511 g/mol. The number of aryl methyl sites for hydroxylation is 2. The average molecular weight is 512 g/mol. The van der Waals surface area contributed by atoms with Crippen molar-refractivity contribution in [3.8, 4) is 0 Å². The fraction of sp³-hybridized carbons (Fsp3) is 0.200. The van der Waals surface area contributed by atoms with E-state index in [1.165, 1.54) is 39.9 Å². The van der Waals surface area contributed by atoms with Gasteiger partial charge in [-0.15, -0.1) is 0 Å². The first kappa shape index (κ1) is 22.8. The minimum atomic E-state index is -3.73. The molecule has 3 aromatic carbocycles. The molecule has 2 heterocycles. The second-order valence-electron chi connectivity index (χ2n) is 7.97. The molecular weight excluding hydrogens is 490 g/mol. The van der Waals surface area contributed by atoms with E-state index in [4.69, 9.17) is 11.6 Å². The molecule has 0 saturated heterocycles. The van der Waals surface area contributed by atoms with Crippen LogP contribution in [0.4, 0.5) is 5.69 Å². The number of hydrogen-bond donors (Lipinski definition) is 0. The van der Waals surface area contributed by atoms with Gasteiger partial charge in [0.25, 0.3) is 15.9 Å². The number of carbonyl (C=O) groups excluding carboxylic acids is 1. The van der Waals surface area contributed by atoms with Crippen molar-refractivity contribution in [3.63, 3.8) is 0 Å². The maximum atomic E-state index is 13.3. The molecule has 4 aromatic rings. The maximum absolute atomic E-state index is 13.3. The number of nitrogens with zero attached hydrogens (tertiary/aromatic N) is 3. The summed E-state index contributed by atoms with van der Waals surface area (Å²) in [5, 5.41) is 0.610. The molecule has 0 unspecified atom stereocenters. The highest BCUT2D eigenvalue weighted by Crippen LogP contribution is 2.32. The lowest BCUT2D eigenvalue weighted by Gasteiger charge is -2.30. The minimum absolute atomic E-state index is 0.151. The van der Waals surface area contributed by atoms with E-state index in [1.807, 2.05) is 54.0 Å². The lowest BCUT2D eigenvalue weighted by atomic mass is 10.0. The zero-order valence-corrected chi connectivity index (χ0v) is 20.8. The average Bonchev–Trinajstić information content (AvgIpc) is 3.22. The van der Waals surface area contributed by atoms with Gasteiger partial charge in [0.1, 0.15) is 0 Å². The van der Waals surface area contributed by atoms with E-state index < -0.39 is 15.9 Å². The van der Waals surface area contributed by atoms with Crippen LogP contribution < -0.4 is 9.11 Å². The van der Waals surface area contributed by atoms with Crippen LogP contribution in [0.25, 0.3) is 10.2 Å². The summed E-state index contributed by atoms with van der Waals surface area (Å²) in [5.74, 6) is -0.433. The van der Waals surface area contributed by atoms with Gasteiger partial charge < -0.3 is 4.57 Å². The summed E-state index contributed by atoms with van der Waals surface area (Å²) in [5.41, 5.74) is 2.92. The Kier molecular flexibility index (Phi) is 6.06. The van der Waals surface area contributed by atoms with Gasteiger partial charge in [-0.05, 0) is 67.8 Å². The SMILES string of the molecule is CCn1c(=NC(=O)c2ccc(S(=O)(=O)N3CCCc4ccccc43)cc2)sc2cccc(Cl)c21. The van der Waals surface area contributed by atoms with Crippen LogP contribution in [0.1, 0.15) is 29.3 Å². The van der Waals surface area contributed by atoms with Gasteiger partial charge in [0.15, 0.2) is 4.80 Å². The number of halogens is 1. The molecule has 0 atom stereocenters. The zero-order chi connectivity index (χ0) is 23.9. The Bertz CT molecular complexity index is 1570. The predicted octanol–water partition coefficient (Wildman–Crippen LogP) is 5.26. The van der Waals surface area contributed by atoms with Crippen LogP contribution in [0.5, 0.6) is 0 Å². The van der Waals surface area contributed by atoms with E-state index >= 15 is 0 Å². The van der Waals surface area contributed by atoms with E-state index in [1.54, 1.807) is 0 Å². The number of amides is 1. The lowest BCUT2D eigenvalue weighted by molar-refractivity contribution is 0.0997. The molecule has 0 aliphatic carbocycles. The number of anilines is 1. The number of rotatable bonds is 4. The first-order valence-electron chi connectivity index (χ1n) is 11.0. The molecule has 9 heteroatoms. The van der Waals surface area contributed by atoms with Gasteiger partial charge in [-0.1, -0.05) is 47.2 Å². The first-order valence-corrected chi connectivity index (χ1v) is 13.6. The number of aromatic nitrogens is 1. The molecule has 0 bridgehead atoms. The Labute approximate surface area is 206 Å². The summed E-state index contributed by atoms with van der Waals surface area (Å²) in [6.07, 6.45) is 1.63. The molecule has 1 amide bonds. The van der Waals surface area contributed by atoms with E-state index in [9.17, 15) is 13.2 Å². The van der Waals surface area contributed by atoms with E-state index in [0.717, 1.165) is 34.3 Å². The molecule has 0 spiro atoms. The number of sulfonamides is 1. The van der Waals surface area contributed by atoms with Crippen LogP contribution in [-0.4, -0.2) is 25.4 Å². The molecule has 0 radical (unpaired) electrons. The largest absolute Gasteiger partial charge is 0.315 e. The van der Waals surface area contributed by atoms with Crippen molar-refractivity contribution in [2.75, 3.05) is 10.8 Å². The fourth-order valence-corrected chi connectivity index (χ4v) is 7.26. The summed E-state index contributed by atoms with van der Waals surface area (Å²) in [7, 11) is -3.73. The van der Waals surface area contributed by atoms with Gasteiger partial charge in [0, 0.05) is 18.7 Å². The van der Waals surface area contributed by atoms with Crippen molar-refractivity contribution < 1.29 is 13.2 Å². The van der Waals surface area contributed by atoms with E-state index in [0.29, 0.717) is 28.5 Å². The number of fused-ring (bicyclic) bond motifs is 2. The predicted molar refractivity (Wildman–Crippen MR) is 136 cm³/mol. The molecule has 1 aliphatic rings. The highest BCUT2D eigenvalue weighted by molar-refractivity contribution is 7.92. The summed E-state index contributed by atoms with van der Waals surface area (Å²) >= 11 is 7.76. The van der Waals surface area contributed by atoms with Crippen molar-refractivity contribution in [1.29, 1.82) is 0 Å². The zero-order valence-electron chi connectivity index (χ0n) is 18.4. The van der Waals surface area contributed by atoms with Crippen molar-refractivity contribution in [2.45, 2.75) is 31.2 Å². The number of para-hydroxylation sites is 2. The molecule has 174 valence electrons. The summed E-state index contributed by atoms with van der Waals surface area (Å²) in [6.45, 7) is 3.02. The van der Waals surface area contributed by atoms with Crippen LogP contribution in [-0.2, 0) is 23.0 Å². The molecular formula is C25H22ClN3O3S2. The molecule has 34 heavy (non-hydrogen) atoms. The number of carbonyl (C=O) groups is 1. The van der Waals surface area contributed by atoms with Crippen molar-refractivity contribution in [3.05, 3.63) is 87.7 Å². The molecule has 0 saturated carbocycles. The van der Waals surface area contributed by atoms with Gasteiger partial charge >= 0.3 is 0 Å². The third-order valence-electron chi connectivity index (χ3n) is 5.92. The number of thiazole rings is 1. The second-order valence-corrected chi connectivity index (χ2v) is 11.2. The van der Waals surface area contributed by atoms with Crippen molar-refractivity contribution >= 4 is 54.8 Å². The standard InChI is InChI=1S/C25H22ClN3O3S2/c1-2-28-23-20(26)9-5-11-22(23)33-25(28)27-24(30)18-12-14-19(15-13-18)34(31,32)29-16-6-8-17-7-3-4-10-21(17)29/h3-5,7,9-15H,2,6,8,16H2,1H3. The van der Waals surface area contributed by atoms with Crippen LogP contribution in [0, 0.1) is 0 Å². The van der Waals surface area contributed by atoms with Gasteiger partial charge in [-0.25, -0.2) is 8.42 Å². The topological polar surface area (TPSA) is 71.7 Å². The fourth-order valence-electron chi connectivity index (χ4n) is 4.26. The Morgan fingerprint density at radius 2 is 1.82 bits per heavy atom. The van der Waals surface area contributed by atoms with Gasteiger partial charge in [0.05, 0.1) is 25.8 Å². The smallest absolute Gasteiger partial charge is 0.279 e. The minimum Gasteiger partial charge on any atom is -0.315 e. The van der Waals surface area contributed by atoms with Crippen LogP contribution in [0.3, 0.4) is 0 Å². The third kappa shape index (κ3) is 3.96. The lowest BCUT2D eigenvalue weighted by Crippen LogP contribution is -2.35. The molecule has 1 aromatic heterocycles. The highest BCUT2D eigenvalue weighted by atomic mass is 35.5. The van der Waals surface area contributed by atoms with Crippen molar-refractivity contribution in [2.24, 2.45) is 4.99 Å². The van der Waals surface area contributed by atoms with Crippen LogP contribution in [0.2, 0.25) is 5.02 Å². The molecule has 0 fully saturated rings. The Hall–Kier alpha value is -2.94. The molecule has 6 nitrogen and oxygen atoms in total. The van der Waals surface area contributed by atoms with Crippen molar-refractivity contribution in [1.82, 2.24) is 4.57 Å². The quantitative estimate of drug-likeness (QED) is 0.375. The molecule has 0 N–H and O–H groups in total. The second kappa shape index (κ2) is 9.02. The molecule has 1 aliphatic heterocycles. The summed E-state index contributed by atoms with van der Waals surface area (Å²) < 4.78 is 31.0. The summed E-state index contributed by atoms with van der Waals surface area (Å²) in [4.78, 5) is 17.9. The van der Waals surface area contributed by atoms with Gasteiger partial charge in [-0.3, -0.25) is 9.10 Å². The van der Waals surface area contributed by atoms with Crippen LogP contribution in [0.15, 0.2) is 76.6 Å². The van der Waals surface area contributed by atoms with E-state index in [-0.39, 0.29) is 4.90 Å². The highest BCUT2D eigenvalue weighted by Gasteiger charge is 2.29. The Balaban J connectivity index is 1.47. The van der Waals surface area contributed by atoms with Gasteiger partial charge in [-0.2, -0.15) is 4.99 Å². The maximum Gasteiger partial charge on any atom is 0.279 e. The summed E-state index contributed by atoms with van der Waals surface area (Å²) in [6, 6.07) is 19.2. The Morgan fingerprint density at radius 3 is 2.59 bits per heavy atom. The normalized spacial score (nSPS) is 14.4. The number of hydrogen-bond acceptors (Lipinski definition) is 4. The van der Waals surface area contributed by atoms with Crippen LogP contribution >= 0.6 is 22.9 Å². The van der Waals surface area contributed by atoms with Gasteiger partial charge in [0.2, 0.25) is 0 Å².